The Morgan fingerprint density at radius 1 is 0.812 bits per heavy atom. The van der Waals surface area contributed by atoms with Crippen LogP contribution in [0.2, 0.25) is 0 Å². The van der Waals surface area contributed by atoms with E-state index in [1.54, 1.807) is 0 Å². The van der Waals surface area contributed by atoms with E-state index in [4.69, 9.17) is 4.74 Å². The lowest BCUT2D eigenvalue weighted by Gasteiger charge is -2.40. The molecule has 0 N–H and O–H groups in total. The van der Waals surface area contributed by atoms with E-state index in [1.165, 1.54) is 27.3 Å². The van der Waals surface area contributed by atoms with E-state index in [2.05, 4.69) is 92.5 Å². The summed E-state index contributed by atoms with van der Waals surface area (Å²) < 4.78 is 5.84. The van der Waals surface area contributed by atoms with E-state index in [1.807, 2.05) is 13.0 Å². The van der Waals surface area contributed by atoms with E-state index in [0.717, 1.165) is 16.5 Å². The number of esters is 1. The number of rotatable bonds is 3. The van der Waals surface area contributed by atoms with Crippen molar-refractivity contribution >= 4 is 27.5 Å². The van der Waals surface area contributed by atoms with Gasteiger partial charge < -0.3 is 4.74 Å². The lowest BCUT2D eigenvalue weighted by Crippen LogP contribution is -2.50. The highest BCUT2D eigenvalue weighted by atomic mass is 16.5. The third-order valence-electron chi connectivity index (χ3n) is 7.84. The first-order chi connectivity index (χ1) is 15.5. The summed E-state index contributed by atoms with van der Waals surface area (Å²) in [6, 6.07) is 25.6. The fraction of sp³-hybridized carbons (Fsp3) is 0.276. The number of fused-ring (bicyclic) bond motifs is 13. The number of carbonyl (C=O) groups is 1. The van der Waals surface area contributed by atoms with Crippen LogP contribution in [0.25, 0.3) is 21.5 Å². The van der Waals surface area contributed by atoms with Crippen LogP contribution in [0.5, 0.6) is 0 Å². The van der Waals surface area contributed by atoms with Crippen molar-refractivity contribution in [1.29, 1.82) is 0 Å². The summed E-state index contributed by atoms with van der Waals surface area (Å²) in [5.41, 5.74) is 3.26. The maximum atomic E-state index is 14.0. The number of carbonyl (C=O) groups excluding carboxylic acids is 1. The minimum Gasteiger partial charge on any atom is -0.464 e. The van der Waals surface area contributed by atoms with Crippen LogP contribution < -0.4 is 0 Å². The third kappa shape index (κ3) is 1.91. The number of ether oxygens (including phenoxy) is 1. The van der Waals surface area contributed by atoms with Gasteiger partial charge in [-0.25, -0.2) is 4.79 Å². The van der Waals surface area contributed by atoms with Crippen molar-refractivity contribution in [3.8, 4) is 0 Å². The molecule has 2 aliphatic rings. The molecule has 2 atom stereocenters. The zero-order valence-corrected chi connectivity index (χ0v) is 19.0. The summed E-state index contributed by atoms with van der Waals surface area (Å²) >= 11 is 0. The van der Waals surface area contributed by atoms with Crippen LogP contribution in [0.15, 0.2) is 72.8 Å². The molecule has 0 saturated carbocycles. The average molecular weight is 422 g/mol. The second-order valence-electron chi connectivity index (χ2n) is 9.30. The van der Waals surface area contributed by atoms with Gasteiger partial charge in [0.1, 0.15) is 0 Å². The quantitative estimate of drug-likeness (QED) is 0.302. The SMILES string of the molecule is CCOC(=O)C12c3ccccc3C(C(C)C)(c3c1c1ccccc1c1ccccc31)N2C. The molecule has 32 heavy (non-hydrogen) atoms. The van der Waals surface area contributed by atoms with Crippen LogP contribution in [0.4, 0.5) is 0 Å². The Balaban J connectivity index is 1.93. The molecular formula is C29H27NO2. The van der Waals surface area contributed by atoms with Gasteiger partial charge in [-0.2, -0.15) is 0 Å². The second-order valence-corrected chi connectivity index (χ2v) is 9.30. The standard InChI is InChI=1S/C29H27NO2/c1-5-32-27(31)29-24-17-11-10-16-23(24)28(18(2)3,30(29)4)25-21-14-8-6-12-19(21)20-13-7-9-15-22(20)26(25)29/h6-18H,5H2,1-4H3. The van der Waals surface area contributed by atoms with Crippen molar-refractivity contribution < 1.29 is 9.53 Å². The number of likely N-dealkylation sites (N-methyl/N-ethyl adjacent to an activating group) is 1. The Morgan fingerprint density at radius 2 is 1.31 bits per heavy atom. The summed E-state index contributed by atoms with van der Waals surface area (Å²) in [5, 5.41) is 4.78. The molecule has 0 radical (unpaired) electrons. The van der Waals surface area contributed by atoms with Crippen molar-refractivity contribution in [3.63, 3.8) is 0 Å². The number of benzene rings is 4. The van der Waals surface area contributed by atoms with Crippen LogP contribution in [-0.2, 0) is 20.6 Å². The largest absolute Gasteiger partial charge is 0.464 e. The van der Waals surface area contributed by atoms with Gasteiger partial charge in [-0.1, -0.05) is 86.6 Å². The van der Waals surface area contributed by atoms with Gasteiger partial charge in [-0.3, -0.25) is 4.90 Å². The van der Waals surface area contributed by atoms with Crippen molar-refractivity contribution in [1.82, 2.24) is 4.90 Å². The first-order valence-electron chi connectivity index (χ1n) is 11.5. The molecule has 160 valence electrons. The summed E-state index contributed by atoms with van der Waals surface area (Å²) in [6.07, 6.45) is 0. The van der Waals surface area contributed by atoms with Crippen LogP contribution >= 0.6 is 0 Å². The van der Waals surface area contributed by atoms with E-state index < -0.39 is 11.1 Å². The maximum absolute atomic E-state index is 14.0. The molecule has 2 heterocycles. The zero-order valence-electron chi connectivity index (χ0n) is 19.0. The summed E-state index contributed by atoms with van der Waals surface area (Å²) in [4.78, 5) is 16.4. The molecule has 2 aliphatic heterocycles. The van der Waals surface area contributed by atoms with Crippen molar-refractivity contribution in [2.75, 3.05) is 13.7 Å². The molecule has 0 spiro atoms. The number of nitrogens with zero attached hydrogens (tertiary/aromatic N) is 1. The second kappa shape index (κ2) is 6.43. The topological polar surface area (TPSA) is 29.5 Å². The first-order valence-corrected chi connectivity index (χ1v) is 11.5. The first kappa shape index (κ1) is 19.5. The van der Waals surface area contributed by atoms with E-state index in [0.29, 0.717) is 6.61 Å². The van der Waals surface area contributed by atoms with Crippen LogP contribution in [-0.4, -0.2) is 24.5 Å². The van der Waals surface area contributed by atoms with Crippen molar-refractivity contribution in [2.24, 2.45) is 5.92 Å². The molecule has 0 aromatic heterocycles. The van der Waals surface area contributed by atoms with Gasteiger partial charge in [0.2, 0.25) is 0 Å². The highest BCUT2D eigenvalue weighted by Gasteiger charge is 2.71. The average Bonchev–Trinajstić information content (AvgIpc) is 3.20. The third-order valence-corrected chi connectivity index (χ3v) is 7.84. The smallest absolute Gasteiger partial charge is 0.336 e. The van der Waals surface area contributed by atoms with E-state index in [9.17, 15) is 4.79 Å². The molecule has 4 aromatic carbocycles. The molecule has 2 bridgehead atoms. The van der Waals surface area contributed by atoms with Crippen molar-refractivity contribution in [2.45, 2.75) is 31.8 Å². The molecule has 0 amide bonds. The zero-order chi connectivity index (χ0) is 22.3. The predicted molar refractivity (Wildman–Crippen MR) is 129 cm³/mol. The minimum absolute atomic E-state index is 0.184. The Hall–Kier alpha value is -3.17. The molecule has 6 rings (SSSR count). The monoisotopic (exact) mass is 421 g/mol. The molecule has 4 aromatic rings. The molecule has 0 fully saturated rings. The van der Waals surface area contributed by atoms with Gasteiger partial charge in [0, 0.05) is 5.56 Å². The maximum Gasteiger partial charge on any atom is 0.336 e. The van der Waals surface area contributed by atoms with E-state index in [-0.39, 0.29) is 11.9 Å². The summed E-state index contributed by atoms with van der Waals surface area (Å²) in [6.45, 7) is 6.78. The van der Waals surface area contributed by atoms with Crippen molar-refractivity contribution in [3.05, 3.63) is 95.1 Å². The fourth-order valence-corrected chi connectivity index (χ4v) is 6.85. The van der Waals surface area contributed by atoms with Crippen LogP contribution in [0, 0.1) is 5.92 Å². The van der Waals surface area contributed by atoms with Gasteiger partial charge in [0.15, 0.2) is 5.54 Å². The fourth-order valence-electron chi connectivity index (χ4n) is 6.85. The molecule has 2 unspecified atom stereocenters. The predicted octanol–water partition coefficient (Wildman–Crippen LogP) is 5.96. The Morgan fingerprint density at radius 3 is 1.88 bits per heavy atom. The molecule has 3 nitrogen and oxygen atoms in total. The normalized spacial score (nSPS) is 23.7. The molecule has 0 saturated heterocycles. The van der Waals surface area contributed by atoms with Gasteiger partial charge in [0.25, 0.3) is 0 Å². The van der Waals surface area contributed by atoms with Gasteiger partial charge in [0.05, 0.1) is 12.1 Å². The summed E-state index contributed by atoms with van der Waals surface area (Å²) in [5.74, 6) is 0.0624. The number of hydrogen-bond acceptors (Lipinski definition) is 3. The van der Waals surface area contributed by atoms with Gasteiger partial charge in [-0.15, -0.1) is 0 Å². The molecule has 3 heteroatoms. The van der Waals surface area contributed by atoms with Crippen LogP contribution in [0.3, 0.4) is 0 Å². The lowest BCUT2D eigenvalue weighted by atomic mass is 9.66. The Bertz CT molecular complexity index is 1420. The highest BCUT2D eigenvalue weighted by molar-refractivity contribution is 6.15. The van der Waals surface area contributed by atoms with Crippen LogP contribution in [0.1, 0.15) is 43.0 Å². The summed E-state index contributed by atoms with van der Waals surface area (Å²) in [7, 11) is 2.11. The number of hydrogen-bond donors (Lipinski definition) is 0. The Labute approximate surface area is 188 Å². The highest BCUT2D eigenvalue weighted by Crippen LogP contribution is 2.67. The molecule has 0 aliphatic carbocycles. The Kier molecular flexibility index (Phi) is 3.92. The minimum atomic E-state index is -0.962. The molecular weight excluding hydrogens is 394 g/mol. The van der Waals surface area contributed by atoms with Gasteiger partial charge >= 0.3 is 5.97 Å². The lowest BCUT2D eigenvalue weighted by molar-refractivity contribution is -0.155. The van der Waals surface area contributed by atoms with E-state index >= 15 is 0 Å². The van der Waals surface area contributed by atoms with Gasteiger partial charge in [-0.05, 0) is 58.1 Å².